The normalized spacial score (nSPS) is 20.2. The van der Waals surface area contributed by atoms with E-state index in [-0.39, 0.29) is 49.6 Å². The van der Waals surface area contributed by atoms with Crippen molar-refractivity contribution in [3.05, 3.63) is 53.9 Å². The summed E-state index contributed by atoms with van der Waals surface area (Å²) in [7, 11) is 0. The zero-order chi connectivity index (χ0) is 23.0. The molecule has 0 spiro atoms. The zero-order valence-corrected chi connectivity index (χ0v) is 18.2. The van der Waals surface area contributed by atoms with Crippen molar-refractivity contribution in [2.45, 2.75) is 50.8 Å². The predicted octanol–water partition coefficient (Wildman–Crippen LogP) is 4.04. The summed E-state index contributed by atoms with van der Waals surface area (Å²) in [6, 6.07) is 8.88. The standard InChI is InChI=1S/C24H26F2N4O3/c25-24(26)8-5-16(6-9-24)22(31)29-14-21(15-29)33-20-3-1-19(2-4-20)28-23(32)30-12-17-7-10-27-11-18(17)13-30/h1-4,7,10-11,16,21H,5-6,8-9,12-15H2,(H,28,32). The maximum atomic E-state index is 13.3. The largest absolute Gasteiger partial charge is 0.487 e. The monoisotopic (exact) mass is 456 g/mol. The Bertz CT molecular complexity index is 1010. The molecule has 1 saturated heterocycles. The van der Waals surface area contributed by atoms with Crippen LogP contribution in [0.5, 0.6) is 5.75 Å². The number of pyridine rings is 1. The number of anilines is 1. The first-order chi connectivity index (χ1) is 15.9. The van der Waals surface area contributed by atoms with Crippen molar-refractivity contribution >= 4 is 17.6 Å². The zero-order valence-electron chi connectivity index (χ0n) is 18.2. The summed E-state index contributed by atoms with van der Waals surface area (Å²) in [4.78, 5) is 32.6. The van der Waals surface area contributed by atoms with E-state index in [4.69, 9.17) is 4.74 Å². The minimum atomic E-state index is -2.63. The second-order valence-corrected chi connectivity index (χ2v) is 9.07. The van der Waals surface area contributed by atoms with Gasteiger partial charge in [-0.05, 0) is 54.3 Å². The molecule has 9 heteroatoms. The Morgan fingerprint density at radius 1 is 1.00 bits per heavy atom. The van der Waals surface area contributed by atoms with Gasteiger partial charge in [0.15, 0.2) is 0 Å². The Balaban J connectivity index is 1.06. The van der Waals surface area contributed by atoms with Gasteiger partial charge in [0.1, 0.15) is 11.9 Å². The van der Waals surface area contributed by atoms with Crippen LogP contribution in [0.2, 0.25) is 0 Å². The van der Waals surface area contributed by atoms with Gasteiger partial charge in [-0.3, -0.25) is 9.78 Å². The molecule has 0 atom stereocenters. The molecule has 33 heavy (non-hydrogen) atoms. The number of amides is 3. The fraction of sp³-hybridized carbons (Fsp3) is 0.458. The molecule has 7 nitrogen and oxygen atoms in total. The van der Waals surface area contributed by atoms with Crippen LogP contribution in [0.1, 0.15) is 36.8 Å². The molecule has 2 fully saturated rings. The van der Waals surface area contributed by atoms with E-state index in [1.165, 1.54) is 0 Å². The number of hydrogen-bond acceptors (Lipinski definition) is 4. The van der Waals surface area contributed by atoms with Gasteiger partial charge < -0.3 is 19.9 Å². The van der Waals surface area contributed by atoms with Crippen LogP contribution >= 0.6 is 0 Å². The second-order valence-electron chi connectivity index (χ2n) is 9.07. The van der Waals surface area contributed by atoms with Gasteiger partial charge in [-0.25, -0.2) is 13.6 Å². The van der Waals surface area contributed by atoms with Crippen LogP contribution in [0, 0.1) is 5.92 Å². The van der Waals surface area contributed by atoms with Crippen LogP contribution in [0.15, 0.2) is 42.7 Å². The van der Waals surface area contributed by atoms with Gasteiger partial charge in [0.05, 0.1) is 13.1 Å². The lowest BCUT2D eigenvalue weighted by molar-refractivity contribution is -0.148. The summed E-state index contributed by atoms with van der Waals surface area (Å²) in [5, 5.41) is 2.90. The minimum Gasteiger partial charge on any atom is -0.487 e. The van der Waals surface area contributed by atoms with Gasteiger partial charge in [-0.15, -0.1) is 0 Å². The molecule has 174 valence electrons. The summed E-state index contributed by atoms with van der Waals surface area (Å²) < 4.78 is 32.5. The number of likely N-dealkylation sites (tertiary alicyclic amines) is 1. The Labute approximate surface area is 190 Å². The van der Waals surface area contributed by atoms with E-state index in [0.29, 0.717) is 37.6 Å². The quantitative estimate of drug-likeness (QED) is 0.754. The van der Waals surface area contributed by atoms with E-state index in [0.717, 1.165) is 11.1 Å². The number of halogens is 2. The molecule has 2 aromatic rings. The predicted molar refractivity (Wildman–Crippen MR) is 117 cm³/mol. The van der Waals surface area contributed by atoms with Crippen LogP contribution < -0.4 is 10.1 Å². The average molecular weight is 456 g/mol. The molecule has 0 unspecified atom stereocenters. The minimum absolute atomic E-state index is 0.0387. The lowest BCUT2D eigenvalue weighted by Crippen LogP contribution is -2.58. The van der Waals surface area contributed by atoms with Crippen molar-refractivity contribution in [1.29, 1.82) is 0 Å². The Morgan fingerprint density at radius 2 is 1.70 bits per heavy atom. The number of benzene rings is 1. The van der Waals surface area contributed by atoms with E-state index in [1.54, 1.807) is 46.5 Å². The average Bonchev–Trinajstić information content (AvgIpc) is 3.21. The number of carbonyl (C=O) groups excluding carboxylic acids is 2. The van der Waals surface area contributed by atoms with Crippen molar-refractivity contribution in [3.63, 3.8) is 0 Å². The van der Waals surface area contributed by atoms with Crippen LogP contribution in [-0.4, -0.2) is 51.8 Å². The number of ether oxygens (including phenoxy) is 1. The number of rotatable bonds is 4. The Kier molecular flexibility index (Phi) is 5.64. The first-order valence-electron chi connectivity index (χ1n) is 11.3. The van der Waals surface area contributed by atoms with Crippen molar-refractivity contribution in [1.82, 2.24) is 14.8 Å². The molecule has 1 aromatic heterocycles. The number of carbonyl (C=O) groups is 2. The number of nitrogens with one attached hydrogen (secondary N) is 1. The number of fused-ring (bicyclic) bond motifs is 1. The van der Waals surface area contributed by atoms with Crippen molar-refractivity contribution < 1.29 is 23.1 Å². The number of nitrogens with zero attached hydrogens (tertiary/aromatic N) is 3. The fourth-order valence-corrected chi connectivity index (χ4v) is 4.61. The molecular formula is C24H26F2N4O3. The smallest absolute Gasteiger partial charge is 0.322 e. The van der Waals surface area contributed by atoms with Crippen LogP contribution in [-0.2, 0) is 17.9 Å². The highest BCUT2D eigenvalue weighted by Crippen LogP contribution is 2.37. The van der Waals surface area contributed by atoms with E-state index in [2.05, 4.69) is 10.3 Å². The van der Waals surface area contributed by atoms with Gasteiger partial charge in [0.2, 0.25) is 11.8 Å². The lowest BCUT2D eigenvalue weighted by Gasteiger charge is -2.41. The second kappa shape index (κ2) is 8.61. The fourth-order valence-electron chi connectivity index (χ4n) is 4.61. The van der Waals surface area contributed by atoms with E-state index >= 15 is 0 Å². The van der Waals surface area contributed by atoms with Gasteiger partial charge in [-0.1, -0.05) is 0 Å². The van der Waals surface area contributed by atoms with Crippen molar-refractivity contribution in [2.24, 2.45) is 5.92 Å². The van der Waals surface area contributed by atoms with Crippen LogP contribution in [0.3, 0.4) is 0 Å². The summed E-state index contributed by atoms with van der Waals surface area (Å²) in [6.07, 6.45) is 3.49. The molecule has 1 aliphatic carbocycles. The highest BCUT2D eigenvalue weighted by molar-refractivity contribution is 5.89. The SMILES string of the molecule is O=C(Nc1ccc(OC2CN(C(=O)C3CCC(F)(F)CC3)C2)cc1)N1Cc2ccncc2C1. The Hall–Kier alpha value is -3.23. The topological polar surface area (TPSA) is 74.8 Å². The first-order valence-corrected chi connectivity index (χ1v) is 11.3. The summed E-state index contributed by atoms with van der Waals surface area (Å²) in [5.74, 6) is -2.31. The molecule has 3 heterocycles. The highest BCUT2D eigenvalue weighted by atomic mass is 19.3. The molecule has 5 rings (SSSR count). The molecule has 0 radical (unpaired) electrons. The molecule has 1 aromatic carbocycles. The Morgan fingerprint density at radius 3 is 2.39 bits per heavy atom. The van der Waals surface area contributed by atoms with Crippen molar-refractivity contribution in [2.75, 3.05) is 18.4 Å². The van der Waals surface area contributed by atoms with E-state index < -0.39 is 5.92 Å². The number of urea groups is 1. The molecule has 3 amide bonds. The molecule has 0 bridgehead atoms. The lowest BCUT2D eigenvalue weighted by atomic mass is 9.85. The molecule has 3 aliphatic rings. The molecule has 2 aliphatic heterocycles. The van der Waals surface area contributed by atoms with Gasteiger partial charge in [0.25, 0.3) is 0 Å². The number of alkyl halides is 2. The highest BCUT2D eigenvalue weighted by Gasteiger charge is 2.41. The summed E-state index contributed by atoms with van der Waals surface area (Å²) in [6.45, 7) is 2.03. The summed E-state index contributed by atoms with van der Waals surface area (Å²) in [5.41, 5.74) is 2.84. The third kappa shape index (κ3) is 4.77. The first kappa shape index (κ1) is 21.6. The maximum absolute atomic E-state index is 13.3. The third-order valence-electron chi connectivity index (χ3n) is 6.65. The van der Waals surface area contributed by atoms with Gasteiger partial charge >= 0.3 is 6.03 Å². The molecule has 1 N–H and O–H groups in total. The van der Waals surface area contributed by atoms with Gasteiger partial charge in [-0.2, -0.15) is 0 Å². The molecule has 1 saturated carbocycles. The maximum Gasteiger partial charge on any atom is 0.322 e. The van der Waals surface area contributed by atoms with Crippen LogP contribution in [0.25, 0.3) is 0 Å². The van der Waals surface area contributed by atoms with E-state index in [9.17, 15) is 18.4 Å². The van der Waals surface area contributed by atoms with Gasteiger partial charge in [0, 0.05) is 49.9 Å². The van der Waals surface area contributed by atoms with Crippen LogP contribution in [0.4, 0.5) is 19.3 Å². The van der Waals surface area contributed by atoms with E-state index in [1.807, 2.05) is 6.07 Å². The van der Waals surface area contributed by atoms with Crippen molar-refractivity contribution in [3.8, 4) is 5.75 Å². The number of hydrogen-bond donors (Lipinski definition) is 1. The molecular weight excluding hydrogens is 430 g/mol. The summed E-state index contributed by atoms with van der Waals surface area (Å²) >= 11 is 0. The third-order valence-corrected chi connectivity index (χ3v) is 6.65. The number of aromatic nitrogens is 1.